The molecule has 10 heteroatoms. The molecule has 3 atom stereocenters. The van der Waals surface area contributed by atoms with E-state index in [1.54, 1.807) is 26.8 Å². The van der Waals surface area contributed by atoms with Gasteiger partial charge in [-0.1, -0.05) is 47.6 Å². The van der Waals surface area contributed by atoms with Crippen LogP contribution in [0.2, 0.25) is 0 Å². The van der Waals surface area contributed by atoms with Crippen molar-refractivity contribution in [2.75, 3.05) is 6.61 Å². The standard InChI is InChI=1S/C28H43NO9/c1-10-34-26(33)36-18(3)17(2)35-25(32)20(29)13-19-11-12-21(37-23(30)15-27(4,5)6)22(14-19)38-24(31)16-28(7,8)9/h11-12,14,17-18,20H,10,13,15-16,29H2,1-9H3/t17-,18?,20-/m0/s1. The Morgan fingerprint density at radius 2 is 1.32 bits per heavy atom. The van der Waals surface area contributed by atoms with Crippen LogP contribution in [0.1, 0.15) is 80.7 Å². The van der Waals surface area contributed by atoms with Crippen LogP contribution in [0.25, 0.3) is 0 Å². The Hall–Kier alpha value is -3.14. The van der Waals surface area contributed by atoms with Gasteiger partial charge in [-0.15, -0.1) is 0 Å². The van der Waals surface area contributed by atoms with Gasteiger partial charge in [0, 0.05) is 0 Å². The summed E-state index contributed by atoms with van der Waals surface area (Å²) in [4.78, 5) is 49.0. The van der Waals surface area contributed by atoms with Gasteiger partial charge in [-0.2, -0.15) is 0 Å². The summed E-state index contributed by atoms with van der Waals surface area (Å²) in [6.45, 7) is 16.4. The highest BCUT2D eigenvalue weighted by atomic mass is 16.7. The average Bonchev–Trinajstić information content (AvgIpc) is 2.72. The van der Waals surface area contributed by atoms with Gasteiger partial charge < -0.3 is 29.4 Å². The SMILES string of the molecule is CCOC(=O)OC(C)[C@H](C)OC(=O)[C@@H](N)Cc1ccc(OC(=O)CC(C)(C)C)c(OC(=O)CC(C)(C)C)c1. The molecule has 0 fully saturated rings. The lowest BCUT2D eigenvalue weighted by Gasteiger charge is -2.22. The molecule has 0 spiro atoms. The van der Waals surface area contributed by atoms with Crippen LogP contribution >= 0.6 is 0 Å². The van der Waals surface area contributed by atoms with Gasteiger partial charge in [0.05, 0.1) is 19.4 Å². The predicted molar refractivity (Wildman–Crippen MR) is 141 cm³/mol. The second-order valence-electron chi connectivity index (χ2n) is 11.7. The molecular formula is C28H43NO9. The van der Waals surface area contributed by atoms with Crippen molar-refractivity contribution >= 4 is 24.1 Å². The van der Waals surface area contributed by atoms with Gasteiger partial charge in [0.1, 0.15) is 18.2 Å². The van der Waals surface area contributed by atoms with E-state index in [0.29, 0.717) is 5.56 Å². The third-order valence-electron chi connectivity index (χ3n) is 5.07. The number of hydrogen-bond acceptors (Lipinski definition) is 10. The molecule has 214 valence electrons. The molecule has 38 heavy (non-hydrogen) atoms. The lowest BCUT2D eigenvalue weighted by molar-refractivity contribution is -0.155. The lowest BCUT2D eigenvalue weighted by Crippen LogP contribution is -2.39. The molecule has 0 saturated carbocycles. The summed E-state index contributed by atoms with van der Waals surface area (Å²) in [5.41, 5.74) is 6.03. The van der Waals surface area contributed by atoms with E-state index < -0.39 is 42.3 Å². The van der Waals surface area contributed by atoms with Crippen molar-refractivity contribution in [1.29, 1.82) is 0 Å². The van der Waals surface area contributed by atoms with Gasteiger partial charge in [-0.25, -0.2) is 4.79 Å². The second kappa shape index (κ2) is 14.1. The Labute approximate surface area is 225 Å². The molecule has 1 aromatic rings. The fourth-order valence-electron chi connectivity index (χ4n) is 3.13. The number of esters is 3. The van der Waals surface area contributed by atoms with Crippen molar-refractivity contribution in [1.82, 2.24) is 0 Å². The van der Waals surface area contributed by atoms with Crippen LogP contribution in [0.5, 0.6) is 11.5 Å². The summed E-state index contributed by atoms with van der Waals surface area (Å²) >= 11 is 0. The molecule has 1 rings (SSSR count). The summed E-state index contributed by atoms with van der Waals surface area (Å²) < 4.78 is 26.2. The van der Waals surface area contributed by atoms with Gasteiger partial charge in [-0.3, -0.25) is 14.4 Å². The molecule has 0 aliphatic heterocycles. The fraction of sp³-hybridized carbons (Fsp3) is 0.643. The van der Waals surface area contributed by atoms with E-state index in [0.717, 1.165) is 0 Å². The van der Waals surface area contributed by atoms with Crippen LogP contribution < -0.4 is 15.2 Å². The van der Waals surface area contributed by atoms with E-state index in [1.807, 2.05) is 41.5 Å². The van der Waals surface area contributed by atoms with Crippen LogP contribution in [0.3, 0.4) is 0 Å². The number of carbonyl (C=O) groups excluding carboxylic acids is 4. The zero-order valence-electron chi connectivity index (χ0n) is 24.0. The van der Waals surface area contributed by atoms with Gasteiger partial charge in [-0.05, 0) is 55.7 Å². The minimum Gasteiger partial charge on any atom is -0.458 e. The molecule has 1 aromatic carbocycles. The highest BCUT2D eigenvalue weighted by Gasteiger charge is 2.26. The maximum Gasteiger partial charge on any atom is 0.508 e. The Balaban J connectivity index is 3.00. The average molecular weight is 538 g/mol. The van der Waals surface area contributed by atoms with Crippen molar-refractivity contribution in [3.8, 4) is 11.5 Å². The highest BCUT2D eigenvalue weighted by molar-refractivity contribution is 5.78. The van der Waals surface area contributed by atoms with E-state index in [9.17, 15) is 19.2 Å². The van der Waals surface area contributed by atoms with Gasteiger partial charge >= 0.3 is 24.1 Å². The summed E-state index contributed by atoms with van der Waals surface area (Å²) in [6, 6.07) is 3.60. The van der Waals surface area contributed by atoms with E-state index in [1.165, 1.54) is 12.1 Å². The first-order valence-corrected chi connectivity index (χ1v) is 12.7. The van der Waals surface area contributed by atoms with Crippen LogP contribution in [-0.4, -0.2) is 48.9 Å². The molecule has 0 radical (unpaired) electrons. The first-order chi connectivity index (χ1) is 17.4. The first-order valence-electron chi connectivity index (χ1n) is 12.7. The normalized spacial score (nSPS) is 14.1. The largest absolute Gasteiger partial charge is 0.508 e. The minimum atomic E-state index is -1.06. The third kappa shape index (κ3) is 12.9. The molecule has 0 heterocycles. The van der Waals surface area contributed by atoms with Crippen molar-refractivity contribution in [2.45, 2.75) is 99.8 Å². The summed E-state index contributed by atoms with van der Waals surface area (Å²) in [5.74, 6) is -1.50. The first kappa shape index (κ1) is 32.9. The zero-order valence-corrected chi connectivity index (χ0v) is 24.0. The highest BCUT2D eigenvalue weighted by Crippen LogP contribution is 2.32. The van der Waals surface area contributed by atoms with Crippen LogP contribution in [0, 0.1) is 10.8 Å². The van der Waals surface area contributed by atoms with Gasteiger partial charge in [0.25, 0.3) is 0 Å². The van der Waals surface area contributed by atoms with Crippen LogP contribution in [0.15, 0.2) is 18.2 Å². The van der Waals surface area contributed by atoms with Crippen molar-refractivity contribution in [2.24, 2.45) is 16.6 Å². The number of hydrogen-bond donors (Lipinski definition) is 1. The molecule has 2 N–H and O–H groups in total. The minimum absolute atomic E-state index is 0.0543. The van der Waals surface area contributed by atoms with Gasteiger partial charge in [0.15, 0.2) is 11.5 Å². The van der Waals surface area contributed by atoms with Crippen molar-refractivity contribution in [3.05, 3.63) is 23.8 Å². The zero-order chi connectivity index (χ0) is 29.3. The van der Waals surface area contributed by atoms with Crippen LogP contribution in [0.4, 0.5) is 4.79 Å². The lowest BCUT2D eigenvalue weighted by atomic mass is 9.92. The molecule has 0 bridgehead atoms. The maximum absolute atomic E-state index is 12.6. The van der Waals surface area contributed by atoms with E-state index >= 15 is 0 Å². The van der Waals surface area contributed by atoms with E-state index in [2.05, 4.69) is 0 Å². The van der Waals surface area contributed by atoms with Crippen molar-refractivity contribution in [3.63, 3.8) is 0 Å². The summed E-state index contributed by atoms with van der Waals surface area (Å²) in [5, 5.41) is 0. The Morgan fingerprint density at radius 3 is 1.82 bits per heavy atom. The monoisotopic (exact) mass is 537 g/mol. The third-order valence-corrected chi connectivity index (χ3v) is 5.07. The summed E-state index contributed by atoms with van der Waals surface area (Å²) in [7, 11) is 0. The Morgan fingerprint density at radius 1 is 0.816 bits per heavy atom. The molecule has 0 aliphatic rings. The molecule has 0 saturated heterocycles. The van der Waals surface area contributed by atoms with E-state index in [-0.39, 0.29) is 48.2 Å². The quantitative estimate of drug-likeness (QED) is 0.311. The Bertz CT molecular complexity index is 976. The molecule has 0 amide bonds. The topological polar surface area (TPSA) is 140 Å². The molecule has 1 unspecified atom stereocenters. The Kier molecular flexibility index (Phi) is 12.2. The van der Waals surface area contributed by atoms with Crippen molar-refractivity contribution < 1.29 is 42.9 Å². The number of carbonyl (C=O) groups is 4. The number of benzene rings is 1. The molecule has 10 nitrogen and oxygen atoms in total. The number of ether oxygens (including phenoxy) is 5. The molecule has 0 aromatic heterocycles. The van der Waals surface area contributed by atoms with Gasteiger partial charge in [0.2, 0.25) is 0 Å². The predicted octanol–water partition coefficient (Wildman–Crippen LogP) is 4.73. The second-order valence-corrected chi connectivity index (χ2v) is 11.7. The number of nitrogens with two attached hydrogens (primary N) is 1. The number of rotatable bonds is 11. The van der Waals surface area contributed by atoms with Crippen LogP contribution in [-0.2, 0) is 35.0 Å². The fourth-order valence-corrected chi connectivity index (χ4v) is 3.13. The van der Waals surface area contributed by atoms with E-state index in [4.69, 9.17) is 29.4 Å². The molecular weight excluding hydrogens is 494 g/mol. The summed E-state index contributed by atoms with van der Waals surface area (Å²) in [6.07, 6.45) is -2.01. The maximum atomic E-state index is 12.6. The smallest absolute Gasteiger partial charge is 0.458 e. The molecule has 0 aliphatic carbocycles.